The number of rotatable bonds is 3. The van der Waals surface area contributed by atoms with E-state index in [2.05, 4.69) is 27.9 Å². The molecule has 0 fully saturated rings. The number of hydrogen-bond donors (Lipinski definition) is 1. The lowest BCUT2D eigenvalue weighted by molar-refractivity contribution is -0.118. The number of nitrogens with one attached hydrogen (secondary N) is 1. The maximum atomic E-state index is 10.5. The van der Waals surface area contributed by atoms with Crippen molar-refractivity contribution in [1.82, 2.24) is 5.32 Å². The minimum absolute atomic E-state index is 0.0290. The van der Waals surface area contributed by atoms with Crippen molar-refractivity contribution in [1.29, 1.82) is 0 Å². The Morgan fingerprint density at radius 3 is 3.00 bits per heavy atom. The number of halogens is 1. The molecule has 0 aliphatic heterocycles. The maximum absolute atomic E-state index is 10.5. The predicted molar refractivity (Wildman–Crippen MR) is 59.1 cm³/mol. The van der Waals surface area contributed by atoms with Crippen molar-refractivity contribution in [2.24, 2.45) is 0 Å². The van der Waals surface area contributed by atoms with Gasteiger partial charge >= 0.3 is 0 Å². The molecule has 1 aromatic heterocycles. The molecule has 3 nitrogen and oxygen atoms in total. The highest BCUT2D eigenvalue weighted by atomic mass is 127. The summed E-state index contributed by atoms with van der Waals surface area (Å²) in [4.78, 5) is 10.5. The molecular formula is C9H10INO2. The van der Waals surface area contributed by atoms with Crippen LogP contribution in [0.1, 0.15) is 12.7 Å². The lowest BCUT2D eigenvalue weighted by Gasteiger charge is -1.93. The summed E-state index contributed by atoms with van der Waals surface area (Å²) in [6.07, 6.45) is 3.68. The van der Waals surface area contributed by atoms with E-state index in [0.717, 1.165) is 9.53 Å². The third-order valence-electron chi connectivity index (χ3n) is 1.34. The minimum atomic E-state index is -0.0290. The van der Waals surface area contributed by atoms with E-state index in [-0.39, 0.29) is 5.91 Å². The van der Waals surface area contributed by atoms with E-state index in [0.29, 0.717) is 6.54 Å². The standard InChI is InChI=1S/C9H10INO2/c1-7(12)11-6-2-3-8-4-5-9(10)13-8/h2-5H,6H2,1H3,(H,11,12). The third kappa shape index (κ3) is 4.12. The van der Waals surface area contributed by atoms with Crippen LogP contribution in [0.4, 0.5) is 0 Å². The van der Waals surface area contributed by atoms with E-state index in [1.165, 1.54) is 6.92 Å². The van der Waals surface area contributed by atoms with Crippen LogP contribution in [0.5, 0.6) is 0 Å². The molecule has 0 aliphatic carbocycles. The first-order chi connectivity index (χ1) is 6.18. The highest BCUT2D eigenvalue weighted by molar-refractivity contribution is 14.1. The maximum Gasteiger partial charge on any atom is 0.217 e. The first-order valence-electron chi connectivity index (χ1n) is 3.85. The number of hydrogen-bond acceptors (Lipinski definition) is 2. The SMILES string of the molecule is CC(=O)NCC=Cc1ccc(I)o1. The molecule has 0 bridgehead atoms. The summed E-state index contributed by atoms with van der Waals surface area (Å²) >= 11 is 2.10. The van der Waals surface area contributed by atoms with Gasteiger partial charge < -0.3 is 9.73 Å². The van der Waals surface area contributed by atoms with E-state index in [4.69, 9.17) is 4.42 Å². The molecule has 0 saturated carbocycles. The molecule has 0 saturated heterocycles. The topological polar surface area (TPSA) is 42.2 Å². The van der Waals surface area contributed by atoms with Gasteiger partial charge in [-0.3, -0.25) is 4.79 Å². The van der Waals surface area contributed by atoms with Crippen molar-refractivity contribution in [3.63, 3.8) is 0 Å². The third-order valence-corrected chi connectivity index (χ3v) is 1.92. The van der Waals surface area contributed by atoms with Crippen molar-refractivity contribution < 1.29 is 9.21 Å². The lowest BCUT2D eigenvalue weighted by atomic mass is 10.4. The molecule has 1 heterocycles. The van der Waals surface area contributed by atoms with Gasteiger partial charge in [-0.05, 0) is 40.8 Å². The van der Waals surface area contributed by atoms with Crippen molar-refractivity contribution in [2.75, 3.05) is 6.54 Å². The average molecular weight is 291 g/mol. The quantitative estimate of drug-likeness (QED) is 0.866. The Balaban J connectivity index is 2.36. The second-order valence-electron chi connectivity index (χ2n) is 2.48. The molecule has 1 rings (SSSR count). The van der Waals surface area contributed by atoms with E-state index in [1.807, 2.05) is 24.3 Å². The molecule has 0 atom stereocenters. The molecule has 0 unspecified atom stereocenters. The zero-order valence-corrected chi connectivity index (χ0v) is 9.37. The second kappa shape index (κ2) is 5.06. The van der Waals surface area contributed by atoms with Gasteiger partial charge in [0.25, 0.3) is 0 Å². The first-order valence-corrected chi connectivity index (χ1v) is 4.92. The smallest absolute Gasteiger partial charge is 0.217 e. The van der Waals surface area contributed by atoms with Crippen LogP contribution in [-0.2, 0) is 4.79 Å². The van der Waals surface area contributed by atoms with E-state index < -0.39 is 0 Å². The molecule has 0 aliphatic rings. The fraction of sp³-hybridized carbons (Fsp3) is 0.222. The zero-order chi connectivity index (χ0) is 9.68. The average Bonchev–Trinajstić information content (AvgIpc) is 2.45. The fourth-order valence-electron chi connectivity index (χ4n) is 0.796. The molecule has 1 N–H and O–H groups in total. The number of carbonyl (C=O) groups excluding carboxylic acids is 1. The van der Waals surface area contributed by atoms with Crippen LogP contribution in [0, 0.1) is 3.77 Å². The Hall–Kier alpha value is -0.780. The van der Waals surface area contributed by atoms with Crippen LogP contribution in [0.2, 0.25) is 0 Å². The molecule has 13 heavy (non-hydrogen) atoms. The van der Waals surface area contributed by atoms with Crippen LogP contribution in [-0.4, -0.2) is 12.5 Å². The highest BCUT2D eigenvalue weighted by Gasteiger charge is 1.92. The van der Waals surface area contributed by atoms with Crippen molar-refractivity contribution in [3.05, 3.63) is 27.7 Å². The van der Waals surface area contributed by atoms with Crippen LogP contribution in [0.3, 0.4) is 0 Å². The van der Waals surface area contributed by atoms with Gasteiger partial charge in [-0.2, -0.15) is 0 Å². The summed E-state index contributed by atoms with van der Waals surface area (Å²) in [6.45, 7) is 2.02. The fourth-order valence-corrected chi connectivity index (χ4v) is 1.23. The van der Waals surface area contributed by atoms with E-state index >= 15 is 0 Å². The Kier molecular flexibility index (Phi) is 4.01. The summed E-state index contributed by atoms with van der Waals surface area (Å²) in [5.41, 5.74) is 0. The summed E-state index contributed by atoms with van der Waals surface area (Å²) in [7, 11) is 0. The minimum Gasteiger partial charge on any atom is -0.451 e. The molecular weight excluding hydrogens is 281 g/mol. The van der Waals surface area contributed by atoms with Gasteiger partial charge in [-0.25, -0.2) is 0 Å². The van der Waals surface area contributed by atoms with Gasteiger partial charge in [0, 0.05) is 13.5 Å². The highest BCUT2D eigenvalue weighted by Crippen LogP contribution is 2.10. The van der Waals surface area contributed by atoms with E-state index in [9.17, 15) is 4.79 Å². The van der Waals surface area contributed by atoms with Gasteiger partial charge in [-0.15, -0.1) is 0 Å². The summed E-state index contributed by atoms with van der Waals surface area (Å²) < 4.78 is 6.14. The van der Waals surface area contributed by atoms with Crippen LogP contribution >= 0.6 is 22.6 Å². The summed E-state index contributed by atoms with van der Waals surface area (Å²) in [5.74, 6) is 0.772. The molecule has 4 heteroatoms. The van der Waals surface area contributed by atoms with Crippen LogP contribution < -0.4 is 5.32 Å². The van der Waals surface area contributed by atoms with Crippen LogP contribution in [0.15, 0.2) is 22.6 Å². The largest absolute Gasteiger partial charge is 0.451 e. The summed E-state index contributed by atoms with van der Waals surface area (Å²) in [5, 5.41) is 2.65. The number of carbonyl (C=O) groups is 1. The number of amides is 1. The Morgan fingerprint density at radius 1 is 1.69 bits per heavy atom. The van der Waals surface area contributed by atoms with Gasteiger partial charge in [0.15, 0.2) is 3.77 Å². The van der Waals surface area contributed by atoms with Crippen molar-refractivity contribution in [2.45, 2.75) is 6.92 Å². The second-order valence-corrected chi connectivity index (χ2v) is 3.54. The molecule has 0 spiro atoms. The molecule has 1 aromatic rings. The van der Waals surface area contributed by atoms with Gasteiger partial charge in [-0.1, -0.05) is 6.08 Å². The monoisotopic (exact) mass is 291 g/mol. The lowest BCUT2D eigenvalue weighted by Crippen LogP contribution is -2.19. The Bertz CT molecular complexity index is 317. The molecule has 0 radical (unpaired) electrons. The zero-order valence-electron chi connectivity index (χ0n) is 7.21. The first kappa shape index (κ1) is 10.3. The normalized spacial score (nSPS) is 10.6. The molecule has 1 amide bonds. The molecule has 0 aromatic carbocycles. The molecule has 70 valence electrons. The van der Waals surface area contributed by atoms with Crippen LogP contribution in [0.25, 0.3) is 6.08 Å². The number of furan rings is 1. The Labute approximate surface area is 90.3 Å². The van der Waals surface area contributed by atoms with Gasteiger partial charge in [0.1, 0.15) is 5.76 Å². The van der Waals surface area contributed by atoms with Gasteiger partial charge in [0.2, 0.25) is 5.91 Å². The van der Waals surface area contributed by atoms with E-state index in [1.54, 1.807) is 0 Å². The Morgan fingerprint density at radius 2 is 2.46 bits per heavy atom. The van der Waals surface area contributed by atoms with Crippen molar-refractivity contribution in [3.8, 4) is 0 Å². The predicted octanol–water partition coefficient (Wildman–Crippen LogP) is 2.03. The summed E-state index contributed by atoms with van der Waals surface area (Å²) in [6, 6.07) is 3.77. The van der Waals surface area contributed by atoms with Gasteiger partial charge in [0.05, 0.1) is 0 Å². The van der Waals surface area contributed by atoms with Crippen molar-refractivity contribution >= 4 is 34.6 Å².